The fourth-order valence-electron chi connectivity index (χ4n) is 2.84. The minimum absolute atomic E-state index is 0.313. The molecule has 2 aromatic carbocycles. The molecule has 3 rings (SSSR count). The number of benzene rings is 2. The van der Waals surface area contributed by atoms with Crippen molar-refractivity contribution in [3.8, 4) is 17.0 Å². The van der Waals surface area contributed by atoms with Crippen molar-refractivity contribution in [3.05, 3.63) is 58.6 Å². The first-order chi connectivity index (χ1) is 15.1. The lowest BCUT2D eigenvalue weighted by molar-refractivity contribution is -0.274. The molecule has 0 amide bonds. The Labute approximate surface area is 193 Å². The molecule has 0 fully saturated rings. The molecule has 1 aromatic heterocycles. The van der Waals surface area contributed by atoms with E-state index in [1.165, 1.54) is 18.2 Å². The van der Waals surface area contributed by atoms with Crippen molar-refractivity contribution >= 4 is 33.4 Å². The van der Waals surface area contributed by atoms with Gasteiger partial charge < -0.3 is 20.3 Å². The second kappa shape index (κ2) is 10.2. The topological polar surface area (TPSA) is 62.3 Å². The lowest BCUT2D eigenvalue weighted by Gasteiger charge is -2.15. The quantitative estimate of drug-likeness (QED) is 0.398. The zero-order valence-corrected chi connectivity index (χ0v) is 19.4. The summed E-state index contributed by atoms with van der Waals surface area (Å²) >= 11 is 3.53. The van der Waals surface area contributed by atoms with Crippen LogP contribution in [-0.2, 0) is 0 Å². The molecule has 0 saturated carbocycles. The van der Waals surface area contributed by atoms with E-state index in [9.17, 15) is 13.2 Å². The smallest absolute Gasteiger partial charge is 0.406 e. The van der Waals surface area contributed by atoms with Crippen LogP contribution in [0.25, 0.3) is 11.3 Å². The van der Waals surface area contributed by atoms with Crippen molar-refractivity contribution in [2.24, 2.45) is 0 Å². The summed E-state index contributed by atoms with van der Waals surface area (Å²) in [6.07, 6.45) is -4.77. The normalized spacial score (nSPS) is 11.5. The van der Waals surface area contributed by atoms with E-state index in [1.54, 1.807) is 12.1 Å². The van der Waals surface area contributed by atoms with Crippen LogP contribution < -0.4 is 15.4 Å². The van der Waals surface area contributed by atoms with E-state index in [-0.39, 0.29) is 5.75 Å². The average molecular weight is 510 g/mol. The molecule has 0 saturated heterocycles. The molecule has 6 nitrogen and oxygen atoms in total. The second-order valence-electron chi connectivity index (χ2n) is 7.38. The van der Waals surface area contributed by atoms with E-state index >= 15 is 0 Å². The van der Waals surface area contributed by atoms with E-state index in [0.717, 1.165) is 22.3 Å². The summed E-state index contributed by atoms with van der Waals surface area (Å²) in [4.78, 5) is 11.0. The maximum absolute atomic E-state index is 12.6. The largest absolute Gasteiger partial charge is 0.573 e. The Bertz CT molecular complexity index is 1080. The van der Waals surface area contributed by atoms with Gasteiger partial charge in [0.15, 0.2) is 0 Å². The van der Waals surface area contributed by atoms with Gasteiger partial charge in [0.05, 0.1) is 11.4 Å². The molecule has 0 unspecified atom stereocenters. The molecule has 170 valence electrons. The predicted molar refractivity (Wildman–Crippen MR) is 123 cm³/mol. The Morgan fingerprint density at radius 3 is 2.53 bits per heavy atom. The lowest BCUT2D eigenvalue weighted by Crippen LogP contribution is -2.21. The van der Waals surface area contributed by atoms with Crippen LogP contribution in [0.2, 0.25) is 0 Å². The average Bonchev–Trinajstić information content (AvgIpc) is 2.69. The number of hydrogen-bond donors (Lipinski definition) is 2. The van der Waals surface area contributed by atoms with Crippen molar-refractivity contribution in [2.75, 3.05) is 37.8 Å². The van der Waals surface area contributed by atoms with Crippen LogP contribution in [-0.4, -0.2) is 48.4 Å². The molecule has 2 N–H and O–H groups in total. The number of aromatic nitrogens is 2. The van der Waals surface area contributed by atoms with Crippen LogP contribution in [0.1, 0.15) is 5.56 Å². The maximum Gasteiger partial charge on any atom is 0.573 e. The highest BCUT2D eigenvalue weighted by molar-refractivity contribution is 9.10. The number of ether oxygens (including phenoxy) is 1. The summed E-state index contributed by atoms with van der Waals surface area (Å²) in [5.41, 5.74) is 2.81. The fraction of sp³-hybridized carbons (Fsp3) is 0.273. The zero-order chi connectivity index (χ0) is 23.3. The predicted octanol–water partition coefficient (Wildman–Crippen LogP) is 5.83. The van der Waals surface area contributed by atoms with Gasteiger partial charge >= 0.3 is 6.36 Å². The van der Waals surface area contributed by atoms with Crippen LogP contribution in [0.5, 0.6) is 5.75 Å². The van der Waals surface area contributed by atoms with E-state index in [2.05, 4.69) is 41.3 Å². The summed E-state index contributed by atoms with van der Waals surface area (Å²) in [7, 11) is 3.90. The Kier molecular flexibility index (Phi) is 7.57. The molecular formula is C22H23BrF3N5O. The number of anilines is 3. The fourth-order valence-corrected chi connectivity index (χ4v) is 3.43. The summed E-state index contributed by atoms with van der Waals surface area (Å²) in [6, 6.07) is 13.2. The molecule has 0 spiro atoms. The molecule has 0 bridgehead atoms. The van der Waals surface area contributed by atoms with Crippen molar-refractivity contribution in [2.45, 2.75) is 13.3 Å². The summed E-state index contributed by atoms with van der Waals surface area (Å²) < 4.78 is 42.8. The van der Waals surface area contributed by atoms with E-state index in [4.69, 9.17) is 0 Å². The van der Waals surface area contributed by atoms with Gasteiger partial charge in [-0.25, -0.2) is 4.98 Å². The van der Waals surface area contributed by atoms with Crippen molar-refractivity contribution in [3.63, 3.8) is 0 Å². The zero-order valence-electron chi connectivity index (χ0n) is 17.8. The Morgan fingerprint density at radius 2 is 1.84 bits per heavy atom. The number of nitrogens with one attached hydrogen (secondary N) is 2. The first-order valence-electron chi connectivity index (χ1n) is 9.76. The number of hydrogen-bond acceptors (Lipinski definition) is 6. The number of aryl methyl sites for hydroxylation is 1. The molecule has 0 aliphatic carbocycles. The Morgan fingerprint density at radius 1 is 1.06 bits per heavy atom. The van der Waals surface area contributed by atoms with Crippen LogP contribution >= 0.6 is 15.9 Å². The molecule has 0 aliphatic rings. The Balaban J connectivity index is 1.95. The first kappa shape index (κ1) is 23.8. The van der Waals surface area contributed by atoms with Crippen LogP contribution in [0, 0.1) is 6.92 Å². The van der Waals surface area contributed by atoms with Gasteiger partial charge in [-0.3, -0.25) is 0 Å². The summed E-state index contributed by atoms with van der Waals surface area (Å²) in [5, 5.41) is 6.40. The molecule has 10 heteroatoms. The van der Waals surface area contributed by atoms with Crippen LogP contribution in [0.4, 0.5) is 30.6 Å². The summed E-state index contributed by atoms with van der Waals surface area (Å²) in [6.45, 7) is 3.34. The monoisotopic (exact) mass is 509 g/mol. The van der Waals surface area contributed by atoms with Gasteiger partial charge in [0.25, 0.3) is 0 Å². The van der Waals surface area contributed by atoms with E-state index in [1.807, 2.05) is 44.1 Å². The van der Waals surface area contributed by atoms with Crippen molar-refractivity contribution in [1.82, 2.24) is 14.9 Å². The van der Waals surface area contributed by atoms with Crippen LogP contribution in [0.15, 0.2) is 53.0 Å². The molecular weight excluding hydrogens is 487 g/mol. The molecule has 0 aliphatic heterocycles. The van der Waals surface area contributed by atoms with Gasteiger partial charge in [-0.05, 0) is 66.8 Å². The van der Waals surface area contributed by atoms with Gasteiger partial charge in [0.1, 0.15) is 11.6 Å². The maximum atomic E-state index is 12.6. The standard InChI is InChI=1S/C22H23BrF3N5O/c1-14-7-8-18(17(23)11-14)28-20-13-19(29-21(30-20)27-9-10-31(2)3)15-5-4-6-16(12-15)32-22(24,25)26/h4-8,11-13H,9-10H2,1-3H3,(H2,27,28,29,30). The van der Waals surface area contributed by atoms with E-state index < -0.39 is 6.36 Å². The van der Waals surface area contributed by atoms with Gasteiger partial charge in [-0.2, -0.15) is 4.98 Å². The minimum atomic E-state index is -4.77. The van der Waals surface area contributed by atoms with E-state index in [0.29, 0.717) is 29.6 Å². The third-order valence-electron chi connectivity index (χ3n) is 4.32. The van der Waals surface area contributed by atoms with Crippen molar-refractivity contribution in [1.29, 1.82) is 0 Å². The van der Waals surface area contributed by atoms with Crippen molar-refractivity contribution < 1.29 is 17.9 Å². The van der Waals surface area contributed by atoms with Gasteiger partial charge in [0.2, 0.25) is 5.95 Å². The molecule has 1 heterocycles. The minimum Gasteiger partial charge on any atom is -0.406 e. The van der Waals surface area contributed by atoms with Crippen LogP contribution in [0.3, 0.4) is 0 Å². The third-order valence-corrected chi connectivity index (χ3v) is 4.98. The van der Waals surface area contributed by atoms with Gasteiger partial charge in [0, 0.05) is 29.2 Å². The lowest BCUT2D eigenvalue weighted by atomic mass is 10.1. The number of halogens is 4. The molecule has 0 atom stereocenters. The SMILES string of the molecule is Cc1ccc(Nc2cc(-c3cccc(OC(F)(F)F)c3)nc(NCCN(C)C)n2)c(Br)c1. The van der Waals surface area contributed by atoms with Gasteiger partial charge in [-0.1, -0.05) is 18.2 Å². The molecule has 0 radical (unpaired) electrons. The first-order valence-corrected chi connectivity index (χ1v) is 10.6. The number of rotatable bonds is 8. The molecule has 32 heavy (non-hydrogen) atoms. The highest BCUT2D eigenvalue weighted by atomic mass is 79.9. The molecule has 3 aromatic rings. The Hall–Kier alpha value is -2.85. The highest BCUT2D eigenvalue weighted by Gasteiger charge is 2.31. The second-order valence-corrected chi connectivity index (χ2v) is 8.23. The summed E-state index contributed by atoms with van der Waals surface area (Å²) in [5.74, 6) is 0.540. The number of alkyl halides is 3. The number of likely N-dealkylation sites (N-methyl/N-ethyl adjacent to an activating group) is 1. The third kappa shape index (κ3) is 7.10. The number of nitrogens with zero attached hydrogens (tertiary/aromatic N) is 3. The highest BCUT2D eigenvalue weighted by Crippen LogP contribution is 2.31. The van der Waals surface area contributed by atoms with Gasteiger partial charge in [-0.15, -0.1) is 13.2 Å².